The van der Waals surface area contributed by atoms with Crippen LogP contribution in [0.15, 0.2) is 23.8 Å². The lowest BCUT2D eigenvalue weighted by Gasteiger charge is -2.50. The number of esters is 1. The Labute approximate surface area is 378 Å². The Hall–Kier alpha value is -2.27. The summed E-state index contributed by atoms with van der Waals surface area (Å²) in [5.41, 5.74) is -0.806. The quantitative estimate of drug-likeness (QED) is 0.131. The second-order valence-corrected chi connectivity index (χ2v) is 18.7. The van der Waals surface area contributed by atoms with Crippen molar-refractivity contribution in [2.75, 3.05) is 34.9 Å². The van der Waals surface area contributed by atoms with Crippen molar-refractivity contribution >= 4 is 18.0 Å². The number of hydrogen-bond acceptors (Lipinski definition) is 18. The Bertz CT molecular complexity index is 1560. The van der Waals surface area contributed by atoms with Crippen LogP contribution >= 0.6 is 0 Å². The maximum absolute atomic E-state index is 13.8. The molecule has 0 aromatic rings. The van der Waals surface area contributed by atoms with Crippen molar-refractivity contribution in [2.45, 2.75) is 191 Å². The molecule has 4 aliphatic heterocycles. The molecule has 5 N–H and O–H groups in total. The highest BCUT2D eigenvalue weighted by Gasteiger charge is 2.52. The summed E-state index contributed by atoms with van der Waals surface area (Å²) in [7, 11) is 6.43. The Kier molecular flexibility index (Phi) is 20.5. The van der Waals surface area contributed by atoms with E-state index in [1.807, 2.05) is 19.9 Å². The molecule has 64 heavy (non-hydrogen) atoms. The standard InChI is InChI=1S/C46H77NO17/c1-13-33-30(22-58-45-42(57-12)41(56-11)37(52)26(5)60-45)18-23(2)14-15-31(49)24(3)19-29(16-17-48)39(25(4)32(50)20-34(51)62-33)64-44-38(53)36(47(9)10)40(27(6)61-44)63-35-21-46(8,55)43(54)28(7)59-35/h14-15,17-18,24-30,32-33,35-45,50,52-55H,13,16,19-22H2,1-12H3/t24?,25?,26?,27?,28?,29?,30?,32?,33?,35-,36?,37?,38?,39?,40?,41?,42?,43?,44+,45?,46+/m0/s1. The maximum atomic E-state index is 13.8. The SMILES string of the molecule is CCC1OC(=O)CC(O)C(C)C(O[C@H]2OC(C)C(O[C@H]3C[C@@](C)(O)C(O)C(C)O3)C(N(C)C)C2O)C(CC=O)CC(C)C(=O)C=CC(C)=CC1COC1OC(C)C(O)C(OC)C1OC. The van der Waals surface area contributed by atoms with Gasteiger partial charge in [-0.15, -0.1) is 0 Å². The number of carbonyl (C=O) groups excluding carboxylic acids is 3. The van der Waals surface area contributed by atoms with Gasteiger partial charge in [0.05, 0.1) is 55.2 Å². The number of aliphatic hydroxyl groups is 5. The molecule has 0 saturated carbocycles. The first kappa shape index (κ1) is 54.3. The van der Waals surface area contributed by atoms with Gasteiger partial charge in [-0.05, 0) is 73.5 Å². The largest absolute Gasteiger partial charge is 0.462 e. The number of aliphatic hydroxyl groups excluding tert-OH is 4. The number of cyclic esters (lactones) is 1. The molecule has 21 atom stereocenters. The summed E-state index contributed by atoms with van der Waals surface area (Å²) in [6, 6.07) is -0.748. The van der Waals surface area contributed by atoms with Crippen LogP contribution in [0.2, 0.25) is 0 Å². The fourth-order valence-electron chi connectivity index (χ4n) is 9.51. The fourth-order valence-corrected chi connectivity index (χ4v) is 9.51. The van der Waals surface area contributed by atoms with Gasteiger partial charge in [0, 0.05) is 44.8 Å². The molecular weight excluding hydrogens is 838 g/mol. The molecule has 4 aliphatic rings. The minimum Gasteiger partial charge on any atom is -0.462 e. The van der Waals surface area contributed by atoms with Gasteiger partial charge in [0.1, 0.15) is 49.0 Å². The zero-order valence-corrected chi connectivity index (χ0v) is 39.7. The van der Waals surface area contributed by atoms with Gasteiger partial charge in [0.25, 0.3) is 0 Å². The van der Waals surface area contributed by atoms with Crippen molar-refractivity contribution in [3.05, 3.63) is 23.8 Å². The van der Waals surface area contributed by atoms with Crippen molar-refractivity contribution in [3.8, 4) is 0 Å². The number of ether oxygens (including phenoxy) is 9. The van der Waals surface area contributed by atoms with Crippen LogP contribution in [-0.4, -0.2) is 187 Å². The molecule has 3 saturated heterocycles. The smallest absolute Gasteiger partial charge is 0.308 e. The highest BCUT2D eigenvalue weighted by Crippen LogP contribution is 2.37. The molecule has 0 aromatic heterocycles. The second-order valence-electron chi connectivity index (χ2n) is 18.7. The van der Waals surface area contributed by atoms with Crippen LogP contribution in [0.25, 0.3) is 0 Å². The van der Waals surface area contributed by atoms with E-state index in [2.05, 4.69) is 0 Å². The summed E-state index contributed by atoms with van der Waals surface area (Å²) in [6.45, 7) is 13.6. The predicted octanol–water partition coefficient (Wildman–Crippen LogP) is 1.83. The number of hydrogen-bond donors (Lipinski definition) is 5. The number of methoxy groups -OCH3 is 2. The summed E-state index contributed by atoms with van der Waals surface area (Å²) in [5, 5.41) is 55.8. The molecular formula is C46H77NO17. The zero-order valence-electron chi connectivity index (χ0n) is 39.7. The van der Waals surface area contributed by atoms with Gasteiger partial charge in [-0.25, -0.2) is 0 Å². The number of ketones is 1. The van der Waals surface area contributed by atoms with E-state index in [9.17, 15) is 39.9 Å². The topological polar surface area (TPSA) is 239 Å². The number of likely N-dealkylation sites (N-methyl/N-ethyl adjacent to an activating group) is 1. The van der Waals surface area contributed by atoms with E-state index in [1.54, 1.807) is 59.7 Å². The molecule has 368 valence electrons. The summed E-state index contributed by atoms with van der Waals surface area (Å²) in [6.07, 6.45) is -8.49. The van der Waals surface area contributed by atoms with E-state index in [4.69, 9.17) is 42.6 Å². The van der Waals surface area contributed by atoms with Gasteiger partial charge >= 0.3 is 5.97 Å². The molecule has 18 heteroatoms. The minimum atomic E-state index is -1.49. The lowest BCUT2D eigenvalue weighted by molar-refractivity contribution is -0.341. The highest BCUT2D eigenvalue weighted by atomic mass is 16.7. The van der Waals surface area contributed by atoms with Crippen molar-refractivity contribution in [1.82, 2.24) is 4.90 Å². The molecule has 0 amide bonds. The molecule has 0 bridgehead atoms. The average Bonchev–Trinajstić information content (AvgIpc) is 3.23. The highest BCUT2D eigenvalue weighted by molar-refractivity contribution is 5.91. The summed E-state index contributed by atoms with van der Waals surface area (Å²) < 4.78 is 54.7. The van der Waals surface area contributed by atoms with Gasteiger partial charge < -0.3 is 77.9 Å². The zero-order chi connectivity index (χ0) is 47.8. The van der Waals surface area contributed by atoms with Crippen LogP contribution in [0.3, 0.4) is 0 Å². The van der Waals surface area contributed by atoms with Gasteiger partial charge in [-0.1, -0.05) is 38.5 Å². The number of rotatable bonds is 13. The summed E-state index contributed by atoms with van der Waals surface area (Å²) in [5.74, 6) is -3.59. The molecule has 18 unspecified atom stereocenters. The third-order valence-corrected chi connectivity index (χ3v) is 13.4. The van der Waals surface area contributed by atoms with Gasteiger partial charge in [0.15, 0.2) is 24.7 Å². The third kappa shape index (κ3) is 13.5. The number of allylic oxidation sites excluding steroid dienone is 3. The minimum absolute atomic E-state index is 0.00788. The van der Waals surface area contributed by atoms with E-state index in [1.165, 1.54) is 27.2 Å². The lowest BCUT2D eigenvalue weighted by atomic mass is 9.79. The van der Waals surface area contributed by atoms with Crippen LogP contribution in [-0.2, 0) is 57.0 Å². The summed E-state index contributed by atoms with van der Waals surface area (Å²) >= 11 is 0. The monoisotopic (exact) mass is 916 g/mol. The Morgan fingerprint density at radius 3 is 2.11 bits per heavy atom. The molecule has 3 fully saturated rings. The van der Waals surface area contributed by atoms with Gasteiger partial charge in [-0.2, -0.15) is 0 Å². The van der Waals surface area contributed by atoms with Crippen LogP contribution in [0.5, 0.6) is 0 Å². The van der Waals surface area contributed by atoms with E-state index < -0.39 is 140 Å². The van der Waals surface area contributed by atoms with E-state index in [-0.39, 0.29) is 31.7 Å². The number of nitrogens with zero attached hydrogens (tertiary/aromatic N) is 1. The molecule has 4 heterocycles. The van der Waals surface area contributed by atoms with E-state index in [0.29, 0.717) is 12.0 Å². The average molecular weight is 916 g/mol. The van der Waals surface area contributed by atoms with E-state index in [0.717, 1.165) is 6.29 Å². The normalized spacial score (nSPS) is 44.6. The van der Waals surface area contributed by atoms with Crippen molar-refractivity contribution in [3.63, 3.8) is 0 Å². The first-order valence-corrected chi connectivity index (χ1v) is 22.7. The molecule has 0 aromatic carbocycles. The molecule has 0 radical (unpaired) electrons. The Morgan fingerprint density at radius 1 is 0.859 bits per heavy atom. The van der Waals surface area contributed by atoms with Crippen molar-refractivity contribution in [2.24, 2.45) is 23.7 Å². The van der Waals surface area contributed by atoms with Crippen molar-refractivity contribution in [1.29, 1.82) is 0 Å². The van der Waals surface area contributed by atoms with Crippen LogP contribution in [0.1, 0.15) is 87.5 Å². The molecule has 4 rings (SSSR count). The second kappa shape index (κ2) is 24.1. The summed E-state index contributed by atoms with van der Waals surface area (Å²) in [4.78, 5) is 41.5. The predicted molar refractivity (Wildman–Crippen MR) is 230 cm³/mol. The van der Waals surface area contributed by atoms with Crippen LogP contribution < -0.4 is 0 Å². The first-order valence-electron chi connectivity index (χ1n) is 22.7. The van der Waals surface area contributed by atoms with Crippen LogP contribution in [0.4, 0.5) is 0 Å². The third-order valence-electron chi connectivity index (χ3n) is 13.4. The van der Waals surface area contributed by atoms with Gasteiger partial charge in [-0.3, -0.25) is 9.59 Å². The van der Waals surface area contributed by atoms with Crippen LogP contribution in [0, 0.1) is 23.7 Å². The van der Waals surface area contributed by atoms with Gasteiger partial charge in [0.2, 0.25) is 0 Å². The maximum Gasteiger partial charge on any atom is 0.308 e. The van der Waals surface area contributed by atoms with Crippen molar-refractivity contribution < 1.29 is 82.5 Å². The lowest BCUT2D eigenvalue weighted by Crippen LogP contribution is -2.65. The Morgan fingerprint density at radius 2 is 1.52 bits per heavy atom. The Balaban J connectivity index is 1.62. The number of carbonyl (C=O) groups is 3. The number of aldehydes is 1. The molecule has 18 nitrogen and oxygen atoms in total. The molecule has 0 spiro atoms. The van der Waals surface area contributed by atoms with E-state index >= 15 is 0 Å². The first-order chi connectivity index (χ1) is 30.1. The molecule has 0 aliphatic carbocycles. The fraction of sp³-hybridized carbons (Fsp3) is 0.848.